The van der Waals surface area contributed by atoms with Crippen molar-refractivity contribution in [2.45, 2.75) is 38.9 Å². The van der Waals surface area contributed by atoms with Crippen LogP contribution in [0.3, 0.4) is 0 Å². The van der Waals surface area contributed by atoms with E-state index in [4.69, 9.17) is 9.47 Å². The van der Waals surface area contributed by atoms with Crippen LogP contribution in [0.15, 0.2) is 24.3 Å². The third kappa shape index (κ3) is 4.02. The van der Waals surface area contributed by atoms with E-state index in [-0.39, 0.29) is 5.60 Å². The average Bonchev–Trinajstić information content (AvgIpc) is 2.29. The predicted octanol–water partition coefficient (Wildman–Crippen LogP) is 2.93. The van der Waals surface area contributed by atoms with Gasteiger partial charge in [0.15, 0.2) is 0 Å². The lowest BCUT2D eigenvalue weighted by atomic mass is 9.95. The van der Waals surface area contributed by atoms with Gasteiger partial charge in [-0.2, -0.15) is 0 Å². The van der Waals surface area contributed by atoms with Gasteiger partial charge < -0.3 is 14.6 Å². The third-order valence-corrected chi connectivity index (χ3v) is 2.82. The van der Waals surface area contributed by atoms with Crippen LogP contribution < -0.4 is 4.74 Å². The number of aliphatic hydroxyl groups excluding tert-OH is 1. The molecular weight excluding hydrogens is 216 g/mol. The van der Waals surface area contributed by atoms with Gasteiger partial charge in [-0.3, -0.25) is 0 Å². The van der Waals surface area contributed by atoms with E-state index in [1.165, 1.54) is 0 Å². The van der Waals surface area contributed by atoms with Crippen LogP contribution in [0.1, 0.15) is 38.9 Å². The molecule has 3 nitrogen and oxygen atoms in total. The second-order valence-electron chi connectivity index (χ2n) is 4.65. The van der Waals surface area contributed by atoms with Crippen LogP contribution in [0.25, 0.3) is 0 Å². The van der Waals surface area contributed by atoms with E-state index in [2.05, 4.69) is 0 Å². The van der Waals surface area contributed by atoms with E-state index in [1.54, 1.807) is 7.11 Å². The van der Waals surface area contributed by atoms with Gasteiger partial charge in [0.1, 0.15) is 5.75 Å². The molecular formula is C14H22O3. The van der Waals surface area contributed by atoms with Crippen molar-refractivity contribution in [3.63, 3.8) is 0 Å². The number of aliphatic hydroxyl groups is 1. The quantitative estimate of drug-likeness (QED) is 0.828. The molecule has 0 bridgehead atoms. The summed E-state index contributed by atoms with van der Waals surface area (Å²) < 4.78 is 10.8. The lowest BCUT2D eigenvalue weighted by molar-refractivity contribution is -0.0205. The smallest absolute Gasteiger partial charge is 0.125 e. The zero-order valence-electron chi connectivity index (χ0n) is 11.1. The Morgan fingerprint density at radius 1 is 1.29 bits per heavy atom. The zero-order chi connectivity index (χ0) is 12.9. The Bertz CT molecular complexity index is 347. The molecule has 3 heteroatoms. The summed E-state index contributed by atoms with van der Waals surface area (Å²) in [5, 5.41) is 10.2. The van der Waals surface area contributed by atoms with Crippen molar-refractivity contribution >= 4 is 0 Å². The summed E-state index contributed by atoms with van der Waals surface area (Å²) in [5.41, 5.74) is 0.470. The molecule has 0 heterocycles. The summed E-state index contributed by atoms with van der Waals surface area (Å²) in [4.78, 5) is 0. The summed E-state index contributed by atoms with van der Waals surface area (Å²) >= 11 is 0. The minimum atomic E-state index is -0.576. The van der Waals surface area contributed by atoms with Gasteiger partial charge >= 0.3 is 0 Å². The van der Waals surface area contributed by atoms with Crippen LogP contribution >= 0.6 is 0 Å². The Morgan fingerprint density at radius 3 is 2.53 bits per heavy atom. The predicted molar refractivity (Wildman–Crippen MR) is 68.3 cm³/mol. The molecule has 1 aromatic rings. The Kier molecular flexibility index (Phi) is 4.97. The molecule has 0 saturated heterocycles. The van der Waals surface area contributed by atoms with E-state index < -0.39 is 6.10 Å². The number of hydrogen-bond acceptors (Lipinski definition) is 3. The fourth-order valence-corrected chi connectivity index (χ4v) is 1.70. The molecule has 0 amide bonds. The summed E-state index contributed by atoms with van der Waals surface area (Å²) in [6, 6.07) is 7.58. The van der Waals surface area contributed by atoms with Gasteiger partial charge in [-0.25, -0.2) is 0 Å². The van der Waals surface area contributed by atoms with E-state index in [9.17, 15) is 5.11 Å². The minimum absolute atomic E-state index is 0.348. The van der Waals surface area contributed by atoms with Gasteiger partial charge in [-0.15, -0.1) is 0 Å². The van der Waals surface area contributed by atoms with Crippen LogP contribution in [0.4, 0.5) is 0 Å². The van der Waals surface area contributed by atoms with Crippen molar-refractivity contribution in [2.24, 2.45) is 0 Å². The Hall–Kier alpha value is -1.06. The van der Waals surface area contributed by atoms with Gasteiger partial charge in [0, 0.05) is 19.1 Å². The molecule has 1 rings (SSSR count). The van der Waals surface area contributed by atoms with E-state index in [0.717, 1.165) is 11.3 Å². The first kappa shape index (κ1) is 14.0. The molecule has 0 aliphatic rings. The average molecular weight is 238 g/mol. The zero-order valence-corrected chi connectivity index (χ0v) is 11.1. The normalized spacial score (nSPS) is 13.5. The van der Waals surface area contributed by atoms with Crippen molar-refractivity contribution < 1.29 is 14.6 Å². The molecule has 0 spiro atoms. The number of rotatable bonds is 6. The molecule has 0 fully saturated rings. The molecule has 1 atom stereocenters. The first-order valence-electron chi connectivity index (χ1n) is 5.95. The maximum atomic E-state index is 10.2. The van der Waals surface area contributed by atoms with Crippen LogP contribution in [0.2, 0.25) is 0 Å². The fraction of sp³-hybridized carbons (Fsp3) is 0.571. The fourth-order valence-electron chi connectivity index (χ4n) is 1.70. The lowest BCUT2D eigenvalue weighted by Gasteiger charge is -2.26. The lowest BCUT2D eigenvalue weighted by Crippen LogP contribution is -2.25. The van der Waals surface area contributed by atoms with Crippen molar-refractivity contribution in [1.82, 2.24) is 0 Å². The van der Waals surface area contributed by atoms with Crippen LogP contribution in [0, 0.1) is 0 Å². The summed E-state index contributed by atoms with van der Waals surface area (Å²) in [6.07, 6.45) is -0.0409. The molecule has 1 aromatic carbocycles. The highest BCUT2D eigenvalue weighted by Crippen LogP contribution is 2.31. The molecule has 0 aromatic heterocycles. The summed E-state index contributed by atoms with van der Waals surface area (Å²) in [5.74, 6) is 0.745. The summed E-state index contributed by atoms with van der Waals surface area (Å²) in [6.45, 7) is 6.44. The number of hydrogen-bond donors (Lipinski definition) is 1. The Balaban J connectivity index is 2.84. The molecule has 0 aliphatic carbocycles. The number of ether oxygens (including phenoxy) is 2. The van der Waals surface area contributed by atoms with Gasteiger partial charge in [0.2, 0.25) is 0 Å². The molecule has 1 N–H and O–H groups in total. The highest BCUT2D eigenvalue weighted by molar-refractivity contribution is 5.35. The van der Waals surface area contributed by atoms with Gasteiger partial charge in [0.05, 0.1) is 18.3 Å². The third-order valence-electron chi connectivity index (χ3n) is 2.82. The van der Waals surface area contributed by atoms with E-state index in [0.29, 0.717) is 13.0 Å². The van der Waals surface area contributed by atoms with Crippen LogP contribution in [0.5, 0.6) is 5.75 Å². The van der Waals surface area contributed by atoms with Crippen molar-refractivity contribution in [3.05, 3.63) is 29.8 Å². The molecule has 17 heavy (non-hydrogen) atoms. The van der Waals surface area contributed by atoms with Crippen molar-refractivity contribution in [1.29, 1.82) is 0 Å². The molecule has 0 aliphatic heterocycles. The number of para-hydroxylation sites is 1. The van der Waals surface area contributed by atoms with E-state index >= 15 is 0 Å². The number of benzene rings is 1. The van der Waals surface area contributed by atoms with Crippen LogP contribution in [-0.2, 0) is 4.74 Å². The maximum absolute atomic E-state index is 10.2. The van der Waals surface area contributed by atoms with Gasteiger partial charge in [-0.05, 0) is 26.8 Å². The van der Waals surface area contributed by atoms with Crippen molar-refractivity contribution in [3.8, 4) is 5.75 Å². The second kappa shape index (κ2) is 6.03. The van der Waals surface area contributed by atoms with Crippen LogP contribution in [-0.4, -0.2) is 24.4 Å². The first-order chi connectivity index (χ1) is 8.00. The molecule has 96 valence electrons. The van der Waals surface area contributed by atoms with Gasteiger partial charge in [0.25, 0.3) is 0 Å². The van der Waals surface area contributed by atoms with Crippen molar-refractivity contribution in [2.75, 3.05) is 13.7 Å². The monoisotopic (exact) mass is 238 g/mol. The largest absolute Gasteiger partial charge is 0.493 e. The van der Waals surface area contributed by atoms with Gasteiger partial charge in [-0.1, -0.05) is 18.2 Å². The number of methoxy groups -OCH3 is 1. The second-order valence-corrected chi connectivity index (χ2v) is 4.65. The maximum Gasteiger partial charge on any atom is 0.125 e. The Labute approximate surface area is 103 Å². The SMILES string of the molecule is CCOc1ccccc1C(O)CC(C)(C)OC. The molecule has 0 saturated carbocycles. The molecule has 0 radical (unpaired) electrons. The minimum Gasteiger partial charge on any atom is -0.493 e. The first-order valence-corrected chi connectivity index (χ1v) is 5.95. The highest BCUT2D eigenvalue weighted by Gasteiger charge is 2.24. The Morgan fingerprint density at radius 2 is 1.94 bits per heavy atom. The summed E-state index contributed by atoms with van der Waals surface area (Å²) in [7, 11) is 1.65. The van der Waals surface area contributed by atoms with E-state index in [1.807, 2.05) is 45.0 Å². The molecule has 1 unspecified atom stereocenters. The topological polar surface area (TPSA) is 38.7 Å². The highest BCUT2D eigenvalue weighted by atomic mass is 16.5. The standard InChI is InChI=1S/C14H22O3/c1-5-17-13-9-7-6-8-11(13)12(15)10-14(2,3)16-4/h6-9,12,15H,5,10H2,1-4H3.